The van der Waals surface area contributed by atoms with Gasteiger partial charge >= 0.3 is 0 Å². The molecule has 3 aromatic rings. The SMILES string of the molecule is CC(Cc1cc(C(=O)NCc2cccc(Cl)c2)on1)c1ccccc1. The number of nitrogens with one attached hydrogen (secondary N) is 1. The van der Waals surface area contributed by atoms with Gasteiger partial charge in [0.15, 0.2) is 0 Å². The molecule has 25 heavy (non-hydrogen) atoms. The molecule has 128 valence electrons. The largest absolute Gasteiger partial charge is 0.351 e. The Labute approximate surface area is 151 Å². The first-order valence-corrected chi connectivity index (χ1v) is 8.53. The first-order valence-electron chi connectivity index (χ1n) is 8.15. The van der Waals surface area contributed by atoms with Crippen LogP contribution in [0.4, 0.5) is 0 Å². The number of rotatable bonds is 6. The maximum Gasteiger partial charge on any atom is 0.290 e. The second-order valence-corrected chi connectivity index (χ2v) is 6.45. The van der Waals surface area contributed by atoms with Gasteiger partial charge in [0.1, 0.15) is 0 Å². The topological polar surface area (TPSA) is 55.1 Å². The molecule has 0 aliphatic carbocycles. The fourth-order valence-electron chi connectivity index (χ4n) is 2.64. The van der Waals surface area contributed by atoms with E-state index in [0.29, 0.717) is 17.5 Å². The summed E-state index contributed by atoms with van der Waals surface area (Å²) in [5.74, 6) is 0.233. The molecule has 0 spiro atoms. The molecule has 0 aliphatic heterocycles. The molecule has 2 aromatic carbocycles. The van der Waals surface area contributed by atoms with Crippen molar-refractivity contribution in [1.82, 2.24) is 10.5 Å². The third-order valence-corrected chi connectivity index (χ3v) is 4.24. The number of amides is 1. The van der Waals surface area contributed by atoms with Crippen LogP contribution in [0.5, 0.6) is 0 Å². The quantitative estimate of drug-likeness (QED) is 0.703. The van der Waals surface area contributed by atoms with Crippen LogP contribution in [-0.4, -0.2) is 11.1 Å². The summed E-state index contributed by atoms with van der Waals surface area (Å²) in [6.07, 6.45) is 0.717. The number of hydrogen-bond donors (Lipinski definition) is 1. The number of hydrogen-bond acceptors (Lipinski definition) is 3. The number of halogens is 1. The van der Waals surface area contributed by atoms with E-state index in [0.717, 1.165) is 17.7 Å². The lowest BCUT2D eigenvalue weighted by molar-refractivity contribution is 0.0914. The second kappa shape index (κ2) is 7.99. The number of carbonyl (C=O) groups is 1. The smallest absolute Gasteiger partial charge is 0.290 e. The van der Waals surface area contributed by atoms with E-state index in [1.54, 1.807) is 12.1 Å². The van der Waals surface area contributed by atoms with Crippen molar-refractivity contribution in [3.05, 3.63) is 88.3 Å². The molecule has 0 aliphatic rings. The predicted octanol–water partition coefficient (Wildman–Crippen LogP) is 4.60. The molecule has 1 heterocycles. The molecule has 0 bridgehead atoms. The first-order chi connectivity index (χ1) is 12.1. The van der Waals surface area contributed by atoms with Gasteiger partial charge in [-0.15, -0.1) is 0 Å². The van der Waals surface area contributed by atoms with Crippen LogP contribution in [0, 0.1) is 0 Å². The predicted molar refractivity (Wildman–Crippen MR) is 97.7 cm³/mol. The van der Waals surface area contributed by atoms with Crippen LogP contribution in [0.15, 0.2) is 65.2 Å². The molecule has 1 unspecified atom stereocenters. The monoisotopic (exact) mass is 354 g/mol. The molecule has 0 fully saturated rings. The highest BCUT2D eigenvalue weighted by Crippen LogP contribution is 2.20. The molecule has 4 nitrogen and oxygen atoms in total. The number of aromatic nitrogens is 1. The van der Waals surface area contributed by atoms with Gasteiger partial charge in [-0.2, -0.15) is 0 Å². The highest BCUT2D eigenvalue weighted by Gasteiger charge is 2.15. The van der Waals surface area contributed by atoms with E-state index in [1.165, 1.54) is 5.56 Å². The molecule has 1 N–H and O–H groups in total. The molecule has 0 saturated carbocycles. The summed E-state index contributed by atoms with van der Waals surface area (Å²) < 4.78 is 5.19. The maximum atomic E-state index is 12.2. The number of nitrogens with zero attached hydrogens (tertiary/aromatic N) is 1. The van der Waals surface area contributed by atoms with Gasteiger partial charge in [-0.1, -0.05) is 66.1 Å². The van der Waals surface area contributed by atoms with E-state index in [-0.39, 0.29) is 11.7 Å². The van der Waals surface area contributed by atoms with Gasteiger partial charge in [-0.25, -0.2) is 0 Å². The Bertz CT molecular complexity index is 846. The fraction of sp³-hybridized carbons (Fsp3) is 0.200. The van der Waals surface area contributed by atoms with E-state index < -0.39 is 0 Å². The highest BCUT2D eigenvalue weighted by atomic mass is 35.5. The molecular formula is C20H19ClN2O2. The molecule has 0 saturated heterocycles. The van der Waals surface area contributed by atoms with Crippen LogP contribution in [0.3, 0.4) is 0 Å². The Morgan fingerprint density at radius 1 is 1.16 bits per heavy atom. The standard InChI is InChI=1S/C20H19ClN2O2/c1-14(16-7-3-2-4-8-16)10-18-12-19(25-23-18)20(24)22-13-15-6-5-9-17(21)11-15/h2-9,11-12,14H,10,13H2,1H3,(H,22,24). The van der Waals surface area contributed by atoms with Crippen molar-refractivity contribution in [2.45, 2.75) is 25.8 Å². The van der Waals surface area contributed by atoms with Crippen LogP contribution in [0.1, 0.15) is 40.2 Å². The summed E-state index contributed by atoms with van der Waals surface area (Å²) in [7, 11) is 0. The van der Waals surface area contributed by atoms with E-state index in [1.807, 2.05) is 36.4 Å². The van der Waals surface area contributed by atoms with E-state index in [9.17, 15) is 4.79 Å². The Balaban J connectivity index is 1.58. The van der Waals surface area contributed by atoms with Crippen LogP contribution in [0.2, 0.25) is 5.02 Å². The van der Waals surface area contributed by atoms with E-state index >= 15 is 0 Å². The molecule has 1 atom stereocenters. The average Bonchev–Trinajstić information content (AvgIpc) is 3.09. The first kappa shape index (κ1) is 17.2. The van der Waals surface area contributed by atoms with Crippen LogP contribution >= 0.6 is 11.6 Å². The minimum absolute atomic E-state index is 0.220. The summed E-state index contributed by atoms with van der Waals surface area (Å²) in [5.41, 5.74) is 2.93. The van der Waals surface area contributed by atoms with Gasteiger partial charge in [-0.3, -0.25) is 4.79 Å². The average molecular weight is 355 g/mol. The van der Waals surface area contributed by atoms with Gasteiger partial charge in [-0.05, 0) is 35.6 Å². The normalized spacial score (nSPS) is 11.9. The Hall–Kier alpha value is -2.59. The fourth-order valence-corrected chi connectivity index (χ4v) is 2.86. The number of carbonyl (C=O) groups excluding carboxylic acids is 1. The maximum absolute atomic E-state index is 12.2. The van der Waals surface area contributed by atoms with Crippen molar-refractivity contribution in [3.63, 3.8) is 0 Å². The molecule has 1 aromatic heterocycles. The van der Waals surface area contributed by atoms with E-state index in [2.05, 4.69) is 29.5 Å². The molecular weight excluding hydrogens is 336 g/mol. The van der Waals surface area contributed by atoms with Crippen molar-refractivity contribution in [2.24, 2.45) is 0 Å². The molecule has 3 rings (SSSR count). The van der Waals surface area contributed by atoms with Crippen molar-refractivity contribution in [1.29, 1.82) is 0 Å². The summed E-state index contributed by atoms with van der Waals surface area (Å²) >= 11 is 5.94. The van der Waals surface area contributed by atoms with Crippen LogP contribution in [0.25, 0.3) is 0 Å². The van der Waals surface area contributed by atoms with Crippen molar-refractivity contribution in [3.8, 4) is 0 Å². The van der Waals surface area contributed by atoms with Gasteiger partial charge in [0.25, 0.3) is 5.91 Å². The van der Waals surface area contributed by atoms with Gasteiger partial charge in [0.05, 0.1) is 5.69 Å². The summed E-state index contributed by atoms with van der Waals surface area (Å²) in [5, 5.41) is 7.47. The molecule has 1 amide bonds. The van der Waals surface area contributed by atoms with Gasteiger partial charge in [0.2, 0.25) is 5.76 Å². The third-order valence-electron chi connectivity index (χ3n) is 4.01. The van der Waals surface area contributed by atoms with Crippen LogP contribution < -0.4 is 5.32 Å². The lowest BCUT2D eigenvalue weighted by atomic mass is 9.96. The Morgan fingerprint density at radius 3 is 2.72 bits per heavy atom. The Morgan fingerprint density at radius 2 is 1.96 bits per heavy atom. The minimum atomic E-state index is -0.286. The zero-order valence-electron chi connectivity index (χ0n) is 13.9. The zero-order valence-corrected chi connectivity index (χ0v) is 14.7. The lowest BCUT2D eigenvalue weighted by Gasteiger charge is -2.08. The molecule has 0 radical (unpaired) electrons. The van der Waals surface area contributed by atoms with Crippen LogP contribution in [-0.2, 0) is 13.0 Å². The summed E-state index contributed by atoms with van der Waals surface area (Å²) in [6, 6.07) is 19.3. The van der Waals surface area contributed by atoms with Crippen molar-refractivity contribution in [2.75, 3.05) is 0 Å². The Kier molecular flexibility index (Phi) is 5.51. The van der Waals surface area contributed by atoms with Gasteiger partial charge < -0.3 is 9.84 Å². The molecule has 5 heteroatoms. The highest BCUT2D eigenvalue weighted by molar-refractivity contribution is 6.30. The third kappa shape index (κ3) is 4.70. The second-order valence-electron chi connectivity index (χ2n) is 6.01. The minimum Gasteiger partial charge on any atom is -0.351 e. The summed E-state index contributed by atoms with van der Waals surface area (Å²) in [6.45, 7) is 2.51. The number of benzene rings is 2. The zero-order chi connectivity index (χ0) is 17.6. The summed E-state index contributed by atoms with van der Waals surface area (Å²) in [4.78, 5) is 12.2. The van der Waals surface area contributed by atoms with E-state index in [4.69, 9.17) is 16.1 Å². The van der Waals surface area contributed by atoms with Crippen molar-refractivity contribution >= 4 is 17.5 Å². The van der Waals surface area contributed by atoms with Gasteiger partial charge in [0, 0.05) is 17.6 Å². The lowest BCUT2D eigenvalue weighted by Crippen LogP contribution is -2.22. The van der Waals surface area contributed by atoms with Crippen molar-refractivity contribution < 1.29 is 9.32 Å².